The zero-order valence-electron chi connectivity index (χ0n) is 37.6. The molecular weight excluding hydrogens is 851 g/mol. The number of carboxylic acid groups (broad SMARTS) is 1. The molecule has 3 aliphatic rings. The van der Waals surface area contributed by atoms with Crippen molar-refractivity contribution in [1.29, 1.82) is 0 Å². The number of aliphatic hydroxyl groups is 10. The number of hydrogen-bond acceptors (Lipinski definition) is 17. The molecule has 18 nitrogen and oxygen atoms in total. The van der Waals surface area contributed by atoms with E-state index in [1.807, 2.05) is 13.0 Å². The van der Waals surface area contributed by atoms with E-state index in [1.54, 1.807) is 86.8 Å². The quantitative estimate of drug-likeness (QED) is 0.174. The van der Waals surface area contributed by atoms with Crippen molar-refractivity contribution in [1.82, 2.24) is 0 Å². The molecule has 0 spiro atoms. The zero-order valence-corrected chi connectivity index (χ0v) is 37.6. The Bertz CT molecular complexity index is 1670. The lowest BCUT2D eigenvalue weighted by molar-refractivity contribution is -0.308. The number of carboxylic acids is 1. The lowest BCUT2D eigenvalue weighted by atomic mass is 9.82. The minimum Gasteiger partial charge on any atom is -0.481 e. The van der Waals surface area contributed by atoms with Gasteiger partial charge in [-0.2, -0.15) is 0 Å². The van der Waals surface area contributed by atoms with Crippen molar-refractivity contribution in [3.63, 3.8) is 0 Å². The largest absolute Gasteiger partial charge is 0.481 e. The van der Waals surface area contributed by atoms with Crippen molar-refractivity contribution >= 4 is 11.9 Å². The summed E-state index contributed by atoms with van der Waals surface area (Å²) in [6, 6.07) is -1.14. The Morgan fingerprint density at radius 1 is 0.662 bits per heavy atom. The fourth-order valence-electron chi connectivity index (χ4n) is 7.97. The first-order valence-electron chi connectivity index (χ1n) is 22.3. The van der Waals surface area contributed by atoms with Crippen LogP contribution in [-0.2, 0) is 28.5 Å². The first-order valence-corrected chi connectivity index (χ1v) is 22.3. The molecule has 3 aliphatic heterocycles. The van der Waals surface area contributed by atoms with Crippen LogP contribution < -0.4 is 5.73 Å². The molecule has 3 heterocycles. The molecule has 0 aromatic rings. The van der Waals surface area contributed by atoms with E-state index in [9.17, 15) is 65.8 Å². The minimum absolute atomic E-state index is 0.140. The van der Waals surface area contributed by atoms with Gasteiger partial charge in [-0.3, -0.25) is 9.59 Å². The van der Waals surface area contributed by atoms with Crippen LogP contribution in [0.1, 0.15) is 79.1 Å². The van der Waals surface area contributed by atoms with E-state index in [-0.39, 0.29) is 31.6 Å². The summed E-state index contributed by atoms with van der Waals surface area (Å²) < 4.78 is 23.1. The molecule has 0 saturated carbocycles. The molecule has 5 unspecified atom stereocenters. The van der Waals surface area contributed by atoms with Crippen LogP contribution >= 0.6 is 0 Å². The van der Waals surface area contributed by atoms with Crippen LogP contribution in [0, 0.1) is 17.8 Å². The van der Waals surface area contributed by atoms with Crippen LogP contribution in [0.3, 0.4) is 0 Å². The predicted molar refractivity (Wildman–Crippen MR) is 237 cm³/mol. The molecule has 13 N–H and O–H groups in total. The Balaban J connectivity index is 1.86. The van der Waals surface area contributed by atoms with Crippen LogP contribution in [0.4, 0.5) is 0 Å². The molecule has 0 aliphatic carbocycles. The highest BCUT2D eigenvalue weighted by Crippen LogP contribution is 2.38. The second-order valence-electron chi connectivity index (χ2n) is 17.6. The summed E-state index contributed by atoms with van der Waals surface area (Å²) in [5.74, 6) is -6.82. The average molecular weight is 924 g/mol. The van der Waals surface area contributed by atoms with E-state index < -0.39 is 147 Å². The van der Waals surface area contributed by atoms with Crippen molar-refractivity contribution in [3.05, 3.63) is 85.1 Å². The normalized spacial score (nSPS) is 42.0. The number of aliphatic carboxylic acids is 1. The Kier molecular flexibility index (Phi) is 23.6. The number of rotatable bonds is 3. The number of cyclic esters (lactones) is 1. The fourth-order valence-corrected chi connectivity index (χ4v) is 7.97. The topological polar surface area (TPSA) is 320 Å². The molecule has 65 heavy (non-hydrogen) atoms. The second-order valence-corrected chi connectivity index (χ2v) is 17.6. The molecule has 0 aromatic heterocycles. The van der Waals surface area contributed by atoms with Gasteiger partial charge in [0, 0.05) is 37.5 Å². The highest BCUT2D eigenvalue weighted by atomic mass is 16.7. The molecule has 19 atom stereocenters. The Morgan fingerprint density at radius 2 is 1.23 bits per heavy atom. The smallest absolute Gasteiger partial charge is 0.311 e. The van der Waals surface area contributed by atoms with Crippen LogP contribution in [-0.4, -0.2) is 166 Å². The highest BCUT2D eigenvalue weighted by molar-refractivity contribution is 5.71. The number of carbonyl (C=O) groups excluding carboxylic acids is 1. The van der Waals surface area contributed by atoms with Crippen LogP contribution in [0.15, 0.2) is 85.1 Å². The van der Waals surface area contributed by atoms with E-state index >= 15 is 0 Å². The summed E-state index contributed by atoms with van der Waals surface area (Å²) in [6.07, 6.45) is 3.55. The van der Waals surface area contributed by atoms with Crippen LogP contribution in [0.2, 0.25) is 0 Å². The van der Waals surface area contributed by atoms with Gasteiger partial charge in [0.25, 0.3) is 0 Å². The molecule has 2 fully saturated rings. The summed E-state index contributed by atoms with van der Waals surface area (Å²) in [5, 5.41) is 118. The van der Waals surface area contributed by atoms with Crippen LogP contribution in [0.5, 0.6) is 0 Å². The van der Waals surface area contributed by atoms with Crippen molar-refractivity contribution in [2.45, 2.75) is 177 Å². The van der Waals surface area contributed by atoms with Crippen molar-refractivity contribution in [2.75, 3.05) is 0 Å². The SMILES string of the molecule is CC1OC(O[C@H]2C=CC=CC=CC=CC=CC=CC=C[C@H](C)[C@@H](O)[C@H](C)[C@H](C)OC(=O)C[C@H](O)C[C@H](O)[C@@H](O)CC[C@H](O)C[C@H](O)C[C@]3(O)C[C@H](O)[C@@H](C(=O)O)[C@H](C2)O3)C(O)C(N)C1O. The summed E-state index contributed by atoms with van der Waals surface area (Å²) >= 11 is 0. The summed E-state index contributed by atoms with van der Waals surface area (Å²) in [4.78, 5) is 25.1. The number of nitrogens with two attached hydrogens (primary N) is 1. The summed E-state index contributed by atoms with van der Waals surface area (Å²) in [6.45, 7) is 6.72. The molecular formula is C47H73NO17. The number of carbonyl (C=O) groups is 2. The van der Waals surface area contributed by atoms with Gasteiger partial charge in [-0.1, -0.05) is 98.9 Å². The third kappa shape index (κ3) is 18.6. The van der Waals surface area contributed by atoms with E-state index in [1.165, 1.54) is 13.0 Å². The Morgan fingerprint density at radius 3 is 1.82 bits per heavy atom. The van der Waals surface area contributed by atoms with Crippen molar-refractivity contribution in [3.8, 4) is 0 Å². The number of hydrogen-bond donors (Lipinski definition) is 12. The molecule has 0 radical (unpaired) electrons. The van der Waals surface area contributed by atoms with Gasteiger partial charge in [-0.05, 0) is 33.1 Å². The van der Waals surface area contributed by atoms with Crippen molar-refractivity contribution < 1.29 is 84.7 Å². The average Bonchev–Trinajstić information content (AvgIpc) is 3.21. The molecule has 368 valence electrons. The monoisotopic (exact) mass is 923 g/mol. The molecule has 0 aromatic carbocycles. The maximum atomic E-state index is 12.6. The maximum absolute atomic E-state index is 12.6. The summed E-state index contributed by atoms with van der Waals surface area (Å²) in [7, 11) is 0. The lowest BCUT2D eigenvalue weighted by Crippen LogP contribution is -2.61. The lowest BCUT2D eigenvalue weighted by Gasteiger charge is -2.45. The third-order valence-electron chi connectivity index (χ3n) is 12.0. The predicted octanol–water partition coefficient (Wildman–Crippen LogP) is 0.712. The Hall–Kier alpha value is -3.44. The first-order chi connectivity index (χ1) is 30.6. The van der Waals surface area contributed by atoms with E-state index in [0.29, 0.717) is 0 Å². The standard InChI is InChI=1S/C47H73NO17/c1-27-17-15-13-11-9-7-5-6-8-10-12-14-16-18-34(64-46-44(58)41(48)43(57)30(4)63-46)24-38-40(45(59)60)37(54)26-47(61,65-38)25-33(51)21-31(49)19-20-35(52)36(53)22-32(50)23-39(55)62-29(3)28(2)42(27)56/h5-18,27-38,40-44,46,49-54,56-58,61H,19-26,48H2,1-4H3,(H,59,60)/t27-,28+,29-,30?,31-,32+,33-,34-,35-,36-,37-,38-,40+,41?,42+,43?,44?,46?,47+/m0/s1. The number of aliphatic hydroxyl groups excluding tert-OH is 9. The highest BCUT2D eigenvalue weighted by Gasteiger charge is 2.51. The zero-order chi connectivity index (χ0) is 48.4. The van der Waals surface area contributed by atoms with Gasteiger partial charge in [0.15, 0.2) is 12.1 Å². The second kappa shape index (κ2) is 27.4. The molecule has 2 bridgehead atoms. The van der Waals surface area contributed by atoms with Gasteiger partial charge >= 0.3 is 11.9 Å². The van der Waals surface area contributed by atoms with E-state index in [4.69, 9.17) is 24.7 Å². The van der Waals surface area contributed by atoms with Gasteiger partial charge in [-0.25, -0.2) is 0 Å². The molecule has 3 rings (SSSR count). The summed E-state index contributed by atoms with van der Waals surface area (Å²) in [5.41, 5.74) is 6.02. The van der Waals surface area contributed by atoms with Gasteiger partial charge in [0.05, 0.1) is 79.6 Å². The van der Waals surface area contributed by atoms with E-state index in [2.05, 4.69) is 0 Å². The van der Waals surface area contributed by atoms with Gasteiger partial charge in [0.1, 0.15) is 18.1 Å². The molecule has 18 heteroatoms. The maximum Gasteiger partial charge on any atom is 0.311 e. The molecule has 0 amide bonds. The fraction of sp³-hybridized carbons (Fsp3) is 0.660. The minimum atomic E-state index is -2.29. The number of esters is 1. The van der Waals surface area contributed by atoms with Gasteiger partial charge in [0.2, 0.25) is 0 Å². The number of ether oxygens (including phenoxy) is 4. The van der Waals surface area contributed by atoms with E-state index in [0.717, 1.165) is 0 Å². The van der Waals surface area contributed by atoms with Gasteiger partial charge < -0.3 is 80.9 Å². The van der Waals surface area contributed by atoms with Crippen LogP contribution in [0.25, 0.3) is 0 Å². The Labute approximate surface area is 381 Å². The number of allylic oxidation sites excluding steroid dienone is 12. The number of fused-ring (bicyclic) bond motifs is 2. The first kappa shape index (κ1) is 55.9. The van der Waals surface area contributed by atoms with Crippen molar-refractivity contribution in [2.24, 2.45) is 23.5 Å². The van der Waals surface area contributed by atoms with Gasteiger partial charge in [-0.15, -0.1) is 0 Å². The third-order valence-corrected chi connectivity index (χ3v) is 12.0. The molecule has 2 saturated heterocycles.